The molecule has 6 heteroatoms. The van der Waals surface area contributed by atoms with Gasteiger partial charge in [-0.05, 0) is 18.1 Å². The fraction of sp³-hybridized carbons (Fsp3) is 0.267. The lowest BCUT2D eigenvalue weighted by atomic mass is 10.1. The smallest absolute Gasteiger partial charge is 0.328 e. The van der Waals surface area contributed by atoms with Crippen molar-refractivity contribution in [3.63, 3.8) is 0 Å². The highest BCUT2D eigenvalue weighted by Gasteiger charge is 2.11. The second-order valence-electron chi connectivity index (χ2n) is 5.26. The van der Waals surface area contributed by atoms with Gasteiger partial charge < -0.3 is 9.55 Å². The largest absolute Gasteiger partial charge is 0.337 e. The van der Waals surface area contributed by atoms with Crippen LogP contribution in [-0.4, -0.2) is 19.1 Å². The van der Waals surface area contributed by atoms with E-state index < -0.39 is 0 Å². The van der Waals surface area contributed by atoms with Crippen LogP contribution in [0.2, 0.25) is 0 Å². The Labute approximate surface area is 120 Å². The maximum atomic E-state index is 12.4. The number of nitrogens with one attached hydrogen (secondary N) is 1. The minimum atomic E-state index is -0.365. The van der Waals surface area contributed by atoms with Gasteiger partial charge in [0.15, 0.2) is 0 Å². The Morgan fingerprint density at radius 1 is 1.24 bits per heavy atom. The van der Waals surface area contributed by atoms with Crippen LogP contribution in [0.25, 0.3) is 10.9 Å². The van der Waals surface area contributed by atoms with Crippen molar-refractivity contribution in [1.29, 1.82) is 0 Å². The maximum Gasteiger partial charge on any atom is 0.328 e. The zero-order chi connectivity index (χ0) is 14.8. The number of hydrogen-bond acceptors (Lipinski definition) is 3. The van der Waals surface area contributed by atoms with Crippen molar-refractivity contribution in [3.05, 3.63) is 63.8 Å². The summed E-state index contributed by atoms with van der Waals surface area (Å²) in [6.07, 6.45) is 5.30. The van der Waals surface area contributed by atoms with Gasteiger partial charge in [0, 0.05) is 25.5 Å². The zero-order valence-electron chi connectivity index (χ0n) is 11.7. The lowest BCUT2D eigenvalue weighted by molar-refractivity contribution is 0.403. The fourth-order valence-electron chi connectivity index (χ4n) is 2.49. The van der Waals surface area contributed by atoms with Gasteiger partial charge >= 0.3 is 5.69 Å². The van der Waals surface area contributed by atoms with E-state index >= 15 is 0 Å². The second-order valence-corrected chi connectivity index (χ2v) is 5.26. The molecular formula is C15H16N4O2. The Hall–Kier alpha value is -2.63. The molecule has 0 saturated carbocycles. The number of aromatic nitrogens is 4. The van der Waals surface area contributed by atoms with Crippen LogP contribution >= 0.6 is 0 Å². The molecule has 1 unspecified atom stereocenters. The van der Waals surface area contributed by atoms with Crippen LogP contribution in [0.4, 0.5) is 0 Å². The number of aromatic amines is 1. The fourth-order valence-corrected chi connectivity index (χ4v) is 2.49. The van der Waals surface area contributed by atoms with Crippen LogP contribution < -0.4 is 11.2 Å². The predicted molar refractivity (Wildman–Crippen MR) is 80.2 cm³/mol. The van der Waals surface area contributed by atoms with E-state index in [9.17, 15) is 9.59 Å². The summed E-state index contributed by atoms with van der Waals surface area (Å²) in [5.41, 5.74) is -0.0333. The van der Waals surface area contributed by atoms with E-state index in [2.05, 4.69) is 9.97 Å². The molecule has 3 rings (SSSR count). The van der Waals surface area contributed by atoms with Crippen LogP contribution in [0.5, 0.6) is 0 Å². The van der Waals surface area contributed by atoms with Gasteiger partial charge in [-0.3, -0.25) is 9.36 Å². The molecule has 1 aromatic carbocycles. The third-order valence-corrected chi connectivity index (χ3v) is 3.47. The van der Waals surface area contributed by atoms with E-state index in [-0.39, 0.29) is 17.2 Å². The predicted octanol–water partition coefficient (Wildman–Crippen LogP) is 1.22. The molecule has 0 spiro atoms. The Balaban J connectivity index is 1.93. The number of fused-ring (bicyclic) bond motifs is 1. The number of H-pyrrole nitrogens is 1. The molecule has 1 atom stereocenters. The number of benzene rings is 1. The van der Waals surface area contributed by atoms with Crippen LogP contribution in [0.15, 0.2) is 52.6 Å². The third kappa shape index (κ3) is 2.65. The maximum absolute atomic E-state index is 12.4. The molecule has 0 aliphatic carbocycles. The van der Waals surface area contributed by atoms with Crippen molar-refractivity contribution in [2.45, 2.75) is 20.0 Å². The first kappa shape index (κ1) is 13.4. The van der Waals surface area contributed by atoms with Crippen molar-refractivity contribution < 1.29 is 0 Å². The van der Waals surface area contributed by atoms with Crippen molar-refractivity contribution in [1.82, 2.24) is 19.1 Å². The van der Waals surface area contributed by atoms with E-state index in [0.29, 0.717) is 24.0 Å². The number of imidazole rings is 1. The van der Waals surface area contributed by atoms with Crippen LogP contribution in [0.3, 0.4) is 0 Å². The summed E-state index contributed by atoms with van der Waals surface area (Å²) in [5.74, 6) is 0.138. The summed E-state index contributed by atoms with van der Waals surface area (Å²) >= 11 is 0. The Kier molecular flexibility index (Phi) is 3.43. The molecule has 3 aromatic rings. The molecule has 2 aromatic heterocycles. The molecule has 0 radical (unpaired) electrons. The monoisotopic (exact) mass is 284 g/mol. The summed E-state index contributed by atoms with van der Waals surface area (Å²) in [5, 5.41) is 0.534. The third-order valence-electron chi connectivity index (χ3n) is 3.47. The average Bonchev–Trinajstić information content (AvgIpc) is 2.96. The Bertz CT molecular complexity index is 861. The number of hydrogen-bond donors (Lipinski definition) is 1. The molecule has 0 saturated heterocycles. The molecule has 0 aliphatic rings. The van der Waals surface area contributed by atoms with Gasteiger partial charge in [-0.25, -0.2) is 9.78 Å². The van der Waals surface area contributed by atoms with Crippen LogP contribution in [0, 0.1) is 5.92 Å². The zero-order valence-corrected chi connectivity index (χ0v) is 11.7. The molecular weight excluding hydrogens is 268 g/mol. The summed E-state index contributed by atoms with van der Waals surface area (Å²) in [4.78, 5) is 31.2. The first-order valence-corrected chi connectivity index (χ1v) is 6.83. The molecule has 2 heterocycles. The molecule has 108 valence electrons. The number of para-hydroxylation sites is 1. The van der Waals surface area contributed by atoms with E-state index in [1.54, 1.807) is 36.8 Å². The summed E-state index contributed by atoms with van der Waals surface area (Å²) < 4.78 is 3.20. The number of nitrogens with zero attached hydrogens (tertiary/aromatic N) is 3. The van der Waals surface area contributed by atoms with Gasteiger partial charge in [0.05, 0.1) is 17.2 Å². The molecule has 0 aliphatic heterocycles. The minimum absolute atomic E-state index is 0.138. The summed E-state index contributed by atoms with van der Waals surface area (Å²) in [6, 6.07) is 7.05. The Morgan fingerprint density at radius 3 is 2.81 bits per heavy atom. The van der Waals surface area contributed by atoms with Crippen molar-refractivity contribution in [2.75, 3.05) is 0 Å². The number of rotatable bonds is 4. The van der Waals surface area contributed by atoms with E-state index in [1.807, 2.05) is 17.7 Å². The highest BCUT2D eigenvalue weighted by Crippen LogP contribution is 2.05. The standard InChI is InChI=1S/C15H16N4O2/c1-11(8-18-7-6-16-10-18)9-19-14(20)12-4-2-3-5-13(12)17-15(19)21/h2-7,10-11H,8-9H2,1H3,(H,17,21). The highest BCUT2D eigenvalue weighted by molar-refractivity contribution is 5.76. The first-order chi connectivity index (χ1) is 10.1. The van der Waals surface area contributed by atoms with Crippen molar-refractivity contribution in [2.24, 2.45) is 5.92 Å². The van der Waals surface area contributed by atoms with Crippen molar-refractivity contribution in [3.8, 4) is 0 Å². The minimum Gasteiger partial charge on any atom is -0.337 e. The summed E-state index contributed by atoms with van der Waals surface area (Å²) in [6.45, 7) is 3.08. The van der Waals surface area contributed by atoms with Gasteiger partial charge in [0.1, 0.15) is 0 Å². The lowest BCUT2D eigenvalue weighted by Gasteiger charge is -2.13. The van der Waals surface area contributed by atoms with Gasteiger partial charge in [0.25, 0.3) is 5.56 Å². The average molecular weight is 284 g/mol. The van der Waals surface area contributed by atoms with Gasteiger partial charge in [-0.2, -0.15) is 0 Å². The molecule has 0 amide bonds. The van der Waals surface area contributed by atoms with Crippen molar-refractivity contribution >= 4 is 10.9 Å². The quantitative estimate of drug-likeness (QED) is 0.783. The lowest BCUT2D eigenvalue weighted by Crippen LogP contribution is -2.37. The molecule has 0 bridgehead atoms. The SMILES string of the molecule is CC(Cn1ccnc1)Cn1c(=O)[nH]c2ccccc2c1=O. The highest BCUT2D eigenvalue weighted by atomic mass is 16.2. The second kappa shape index (κ2) is 5.40. The van der Waals surface area contributed by atoms with Crippen LogP contribution in [-0.2, 0) is 13.1 Å². The van der Waals surface area contributed by atoms with Gasteiger partial charge in [0.2, 0.25) is 0 Å². The molecule has 1 N–H and O–H groups in total. The van der Waals surface area contributed by atoms with Crippen LogP contribution in [0.1, 0.15) is 6.92 Å². The Morgan fingerprint density at radius 2 is 2.05 bits per heavy atom. The molecule has 6 nitrogen and oxygen atoms in total. The molecule has 0 fully saturated rings. The van der Waals surface area contributed by atoms with E-state index in [4.69, 9.17) is 0 Å². The first-order valence-electron chi connectivity index (χ1n) is 6.83. The normalized spacial score (nSPS) is 12.6. The summed E-state index contributed by atoms with van der Waals surface area (Å²) in [7, 11) is 0. The van der Waals surface area contributed by atoms with Gasteiger partial charge in [-0.15, -0.1) is 0 Å². The van der Waals surface area contributed by atoms with E-state index in [0.717, 1.165) is 0 Å². The topological polar surface area (TPSA) is 72.7 Å². The van der Waals surface area contributed by atoms with E-state index in [1.165, 1.54) is 4.57 Å². The molecule has 21 heavy (non-hydrogen) atoms. The van der Waals surface area contributed by atoms with Gasteiger partial charge in [-0.1, -0.05) is 19.1 Å².